The molecule has 1 aliphatic carbocycles. The van der Waals surface area contributed by atoms with E-state index < -0.39 is 0 Å². The molecule has 1 heterocycles. The summed E-state index contributed by atoms with van der Waals surface area (Å²) in [6.45, 7) is 7.15. The molecule has 3 N–H and O–H groups in total. The van der Waals surface area contributed by atoms with Gasteiger partial charge in [0.15, 0.2) is 0 Å². The Morgan fingerprint density at radius 1 is 1.48 bits per heavy atom. The lowest BCUT2D eigenvalue weighted by atomic mass is 10.2. The van der Waals surface area contributed by atoms with Crippen LogP contribution in [0.5, 0.6) is 0 Å². The van der Waals surface area contributed by atoms with Gasteiger partial charge in [0.25, 0.3) is 0 Å². The van der Waals surface area contributed by atoms with E-state index in [4.69, 9.17) is 16.2 Å². The fourth-order valence-electron chi connectivity index (χ4n) is 3.09. The molecule has 0 saturated heterocycles. The number of nitrogens with two attached hydrogens (primary N) is 1. The van der Waals surface area contributed by atoms with Crippen molar-refractivity contribution in [3.63, 3.8) is 0 Å². The summed E-state index contributed by atoms with van der Waals surface area (Å²) in [5.74, 6) is 0.870. The molecule has 2 rings (SSSR count). The van der Waals surface area contributed by atoms with Crippen molar-refractivity contribution in [1.82, 2.24) is 14.7 Å². The Morgan fingerprint density at radius 2 is 2.19 bits per heavy atom. The molecule has 5 nitrogen and oxygen atoms in total. The number of aromatic nitrogens is 2. The minimum absolute atomic E-state index is 0.264. The molecular formula is C16H29N5. The second-order valence-electron chi connectivity index (χ2n) is 6.63. The van der Waals surface area contributed by atoms with E-state index in [1.165, 1.54) is 25.7 Å². The first-order chi connectivity index (χ1) is 10.0. The lowest BCUT2D eigenvalue weighted by Gasteiger charge is -2.23. The highest BCUT2D eigenvalue weighted by molar-refractivity contribution is 5.76. The summed E-state index contributed by atoms with van der Waals surface area (Å²) in [6, 6.07) is 2.74. The van der Waals surface area contributed by atoms with Crippen LogP contribution < -0.4 is 5.73 Å². The molecule has 0 unspecified atom stereocenters. The van der Waals surface area contributed by atoms with E-state index in [9.17, 15) is 0 Å². The van der Waals surface area contributed by atoms with Gasteiger partial charge in [-0.3, -0.25) is 15.0 Å². The highest BCUT2D eigenvalue weighted by Crippen LogP contribution is 2.28. The molecule has 21 heavy (non-hydrogen) atoms. The second kappa shape index (κ2) is 7.59. The normalized spacial score (nSPS) is 16.2. The Labute approximate surface area is 128 Å². The predicted molar refractivity (Wildman–Crippen MR) is 86.4 cm³/mol. The fourth-order valence-corrected chi connectivity index (χ4v) is 3.09. The van der Waals surface area contributed by atoms with Crippen LogP contribution in [-0.4, -0.2) is 33.6 Å². The summed E-state index contributed by atoms with van der Waals surface area (Å²) < 4.78 is 2.15. The molecule has 1 fully saturated rings. The summed E-state index contributed by atoms with van der Waals surface area (Å²) in [5, 5.41) is 12.2. The summed E-state index contributed by atoms with van der Waals surface area (Å²) >= 11 is 0. The Hall–Kier alpha value is -1.36. The first-order valence-corrected chi connectivity index (χ1v) is 8.14. The van der Waals surface area contributed by atoms with Crippen molar-refractivity contribution >= 4 is 5.84 Å². The molecule has 0 radical (unpaired) electrons. The molecule has 0 spiro atoms. The van der Waals surface area contributed by atoms with Crippen molar-refractivity contribution in [1.29, 1.82) is 5.41 Å². The Morgan fingerprint density at radius 3 is 2.81 bits per heavy atom. The molecule has 0 aromatic carbocycles. The van der Waals surface area contributed by atoms with Crippen molar-refractivity contribution in [2.45, 2.75) is 58.5 Å². The zero-order valence-electron chi connectivity index (χ0n) is 13.4. The molecule has 0 bridgehead atoms. The Balaban J connectivity index is 1.93. The molecule has 1 aromatic rings. The SMILES string of the molecule is CC(C)CN(CCC(=N)N)Cc1ccn(C2CCCC2)n1. The third kappa shape index (κ3) is 5.16. The van der Waals surface area contributed by atoms with Crippen LogP contribution in [0.3, 0.4) is 0 Å². The summed E-state index contributed by atoms with van der Waals surface area (Å²) in [7, 11) is 0. The average Bonchev–Trinajstić information content (AvgIpc) is 3.05. The molecule has 1 aromatic heterocycles. The van der Waals surface area contributed by atoms with E-state index in [-0.39, 0.29) is 5.84 Å². The van der Waals surface area contributed by atoms with Gasteiger partial charge < -0.3 is 5.73 Å². The van der Waals surface area contributed by atoms with Gasteiger partial charge in [0.05, 0.1) is 17.6 Å². The first-order valence-electron chi connectivity index (χ1n) is 8.14. The summed E-state index contributed by atoms with van der Waals surface area (Å²) in [6.07, 6.45) is 7.96. The smallest absolute Gasteiger partial charge is 0.0918 e. The first kappa shape index (κ1) is 16.0. The van der Waals surface area contributed by atoms with E-state index in [1.807, 2.05) is 0 Å². The quantitative estimate of drug-likeness (QED) is 0.571. The van der Waals surface area contributed by atoms with Gasteiger partial charge in [-0.1, -0.05) is 26.7 Å². The number of hydrogen-bond acceptors (Lipinski definition) is 3. The van der Waals surface area contributed by atoms with E-state index in [2.05, 4.69) is 35.7 Å². The van der Waals surface area contributed by atoms with E-state index in [0.717, 1.165) is 25.3 Å². The van der Waals surface area contributed by atoms with Crippen LogP contribution in [0.15, 0.2) is 12.3 Å². The van der Waals surface area contributed by atoms with Gasteiger partial charge in [0.1, 0.15) is 0 Å². The van der Waals surface area contributed by atoms with Crippen molar-refractivity contribution in [3.05, 3.63) is 18.0 Å². The molecule has 0 aliphatic heterocycles. The van der Waals surface area contributed by atoms with Gasteiger partial charge in [0, 0.05) is 32.3 Å². The zero-order valence-corrected chi connectivity index (χ0v) is 13.4. The zero-order chi connectivity index (χ0) is 15.2. The molecule has 5 heteroatoms. The van der Waals surface area contributed by atoms with Crippen molar-refractivity contribution in [2.75, 3.05) is 13.1 Å². The standard InChI is InChI=1S/C16H29N5/c1-13(2)11-20(9-8-16(17)18)12-14-7-10-21(19-14)15-5-3-4-6-15/h7,10,13,15H,3-6,8-9,11-12H2,1-2H3,(H3,17,18). The maximum Gasteiger partial charge on any atom is 0.0918 e. The predicted octanol–water partition coefficient (Wildman–Crippen LogP) is 2.78. The van der Waals surface area contributed by atoms with Gasteiger partial charge >= 0.3 is 0 Å². The lowest BCUT2D eigenvalue weighted by molar-refractivity contribution is 0.238. The van der Waals surface area contributed by atoms with Crippen LogP contribution in [0.25, 0.3) is 0 Å². The monoisotopic (exact) mass is 291 g/mol. The number of nitrogens with one attached hydrogen (secondary N) is 1. The van der Waals surface area contributed by atoms with E-state index in [0.29, 0.717) is 18.4 Å². The van der Waals surface area contributed by atoms with Gasteiger partial charge in [-0.25, -0.2) is 0 Å². The number of nitrogens with zero attached hydrogens (tertiary/aromatic N) is 3. The molecular weight excluding hydrogens is 262 g/mol. The third-order valence-corrected chi connectivity index (χ3v) is 4.07. The van der Waals surface area contributed by atoms with Crippen LogP contribution in [0.1, 0.15) is 57.7 Å². The maximum atomic E-state index is 7.40. The van der Waals surface area contributed by atoms with Crippen LogP contribution in [0, 0.1) is 11.3 Å². The summed E-state index contributed by atoms with van der Waals surface area (Å²) in [4.78, 5) is 2.35. The van der Waals surface area contributed by atoms with Crippen molar-refractivity contribution in [3.8, 4) is 0 Å². The summed E-state index contributed by atoms with van der Waals surface area (Å²) in [5.41, 5.74) is 6.62. The molecule has 0 atom stereocenters. The average molecular weight is 291 g/mol. The van der Waals surface area contributed by atoms with Gasteiger partial charge in [0.2, 0.25) is 0 Å². The minimum atomic E-state index is 0.264. The highest BCUT2D eigenvalue weighted by Gasteiger charge is 2.18. The van der Waals surface area contributed by atoms with Crippen molar-refractivity contribution < 1.29 is 0 Å². The number of hydrogen-bond donors (Lipinski definition) is 2. The number of rotatable bonds is 8. The second-order valence-corrected chi connectivity index (χ2v) is 6.63. The Kier molecular flexibility index (Phi) is 5.79. The van der Waals surface area contributed by atoms with Crippen LogP contribution in [0.4, 0.5) is 0 Å². The highest BCUT2D eigenvalue weighted by atomic mass is 15.3. The van der Waals surface area contributed by atoms with Gasteiger partial charge in [-0.05, 0) is 24.8 Å². The number of amidine groups is 1. The van der Waals surface area contributed by atoms with Crippen LogP contribution in [0.2, 0.25) is 0 Å². The van der Waals surface area contributed by atoms with Gasteiger partial charge in [-0.2, -0.15) is 5.10 Å². The largest absolute Gasteiger partial charge is 0.388 e. The lowest BCUT2D eigenvalue weighted by Crippen LogP contribution is -2.31. The van der Waals surface area contributed by atoms with Gasteiger partial charge in [-0.15, -0.1) is 0 Å². The van der Waals surface area contributed by atoms with E-state index in [1.54, 1.807) is 0 Å². The van der Waals surface area contributed by atoms with Crippen LogP contribution >= 0.6 is 0 Å². The Bertz CT molecular complexity index is 445. The van der Waals surface area contributed by atoms with Crippen molar-refractivity contribution in [2.24, 2.45) is 11.7 Å². The minimum Gasteiger partial charge on any atom is -0.388 e. The molecule has 1 saturated carbocycles. The van der Waals surface area contributed by atoms with E-state index >= 15 is 0 Å². The molecule has 118 valence electrons. The maximum absolute atomic E-state index is 7.40. The van der Waals surface area contributed by atoms with Crippen LogP contribution in [-0.2, 0) is 6.54 Å². The third-order valence-electron chi connectivity index (χ3n) is 4.07. The fraction of sp³-hybridized carbons (Fsp3) is 0.750. The molecule has 0 amide bonds. The molecule has 1 aliphatic rings. The topological polar surface area (TPSA) is 70.9 Å².